The topological polar surface area (TPSA) is 32.6 Å². The van der Waals surface area contributed by atoms with Gasteiger partial charge in [-0.05, 0) is 41.3 Å². The molecule has 0 fully saturated rings. The summed E-state index contributed by atoms with van der Waals surface area (Å²) >= 11 is 3.66. The molecule has 0 amide bonds. The summed E-state index contributed by atoms with van der Waals surface area (Å²) in [6, 6.07) is 19.9. The Morgan fingerprint density at radius 1 is 1.00 bits per heavy atom. The lowest BCUT2D eigenvalue weighted by Gasteiger charge is -2.14. The molecule has 0 saturated carbocycles. The summed E-state index contributed by atoms with van der Waals surface area (Å²) < 4.78 is 0. The molecule has 0 radical (unpaired) electrons. The Labute approximate surface area is 143 Å². The van der Waals surface area contributed by atoms with Gasteiger partial charge in [0.15, 0.2) is 0 Å². The average Bonchev–Trinajstić information content (AvgIpc) is 3.02. The maximum Gasteiger partial charge on any atom is 0.116 e. The summed E-state index contributed by atoms with van der Waals surface area (Å²) in [6.45, 7) is 0. The van der Waals surface area contributed by atoms with Crippen molar-refractivity contribution in [1.29, 1.82) is 0 Å². The third-order valence-electron chi connectivity index (χ3n) is 3.81. The van der Waals surface area contributed by atoms with Crippen LogP contribution in [-0.2, 0) is 0 Å². The molecule has 1 unspecified atom stereocenters. The van der Waals surface area contributed by atoms with Gasteiger partial charge in [-0.1, -0.05) is 30.3 Å². The molecule has 1 N–H and O–H groups in total. The molecule has 114 valence electrons. The number of benzene rings is 2. The van der Waals surface area contributed by atoms with E-state index in [1.54, 1.807) is 23.5 Å². The Morgan fingerprint density at radius 2 is 1.91 bits per heavy atom. The lowest BCUT2D eigenvalue weighted by atomic mass is 10.0. The standard InChI is InChI=1S/C19H15NOS2/c21-14-6-3-5-13(11-14)16-12-19(18-9-4-10-22-18)23-17-8-2-1-7-15(17)20-16/h1-11,19,21H,12H2. The summed E-state index contributed by atoms with van der Waals surface area (Å²) in [5.41, 5.74) is 3.02. The third kappa shape index (κ3) is 3.05. The Morgan fingerprint density at radius 3 is 2.74 bits per heavy atom. The summed E-state index contributed by atoms with van der Waals surface area (Å²) in [5.74, 6) is 0.281. The van der Waals surface area contributed by atoms with Gasteiger partial charge in [0, 0.05) is 27.2 Å². The molecule has 2 heterocycles. The van der Waals surface area contributed by atoms with Gasteiger partial charge in [0.2, 0.25) is 0 Å². The molecule has 0 bridgehead atoms. The first-order valence-corrected chi connectivity index (χ1v) is 9.21. The van der Waals surface area contributed by atoms with E-state index in [2.05, 4.69) is 35.7 Å². The normalized spacial score (nSPS) is 17.2. The molecular formula is C19H15NOS2. The lowest BCUT2D eigenvalue weighted by Crippen LogP contribution is -2.04. The van der Waals surface area contributed by atoms with E-state index < -0.39 is 0 Å². The molecule has 1 aromatic heterocycles. The predicted molar refractivity (Wildman–Crippen MR) is 98.3 cm³/mol. The van der Waals surface area contributed by atoms with E-state index in [9.17, 15) is 5.11 Å². The third-order valence-corrected chi connectivity index (χ3v) is 6.25. The van der Waals surface area contributed by atoms with Crippen LogP contribution in [0.15, 0.2) is 75.9 Å². The first-order chi connectivity index (χ1) is 11.3. The van der Waals surface area contributed by atoms with E-state index in [1.165, 1.54) is 9.77 Å². The van der Waals surface area contributed by atoms with Gasteiger partial charge in [-0.3, -0.25) is 4.99 Å². The smallest absolute Gasteiger partial charge is 0.116 e. The minimum absolute atomic E-state index is 0.281. The molecule has 23 heavy (non-hydrogen) atoms. The van der Waals surface area contributed by atoms with Crippen molar-refractivity contribution in [3.05, 3.63) is 76.5 Å². The van der Waals surface area contributed by atoms with Crippen molar-refractivity contribution in [3.63, 3.8) is 0 Å². The fraction of sp³-hybridized carbons (Fsp3) is 0.105. The average molecular weight is 337 g/mol. The van der Waals surface area contributed by atoms with Crippen LogP contribution in [0.1, 0.15) is 22.1 Å². The van der Waals surface area contributed by atoms with Gasteiger partial charge < -0.3 is 5.11 Å². The monoisotopic (exact) mass is 337 g/mol. The number of thioether (sulfide) groups is 1. The van der Waals surface area contributed by atoms with Gasteiger partial charge in [0.1, 0.15) is 5.75 Å². The zero-order valence-corrected chi connectivity index (χ0v) is 14.0. The Kier molecular flexibility index (Phi) is 3.93. The van der Waals surface area contributed by atoms with Crippen LogP contribution in [0.25, 0.3) is 0 Å². The highest BCUT2D eigenvalue weighted by Gasteiger charge is 2.23. The molecule has 4 heteroatoms. The largest absolute Gasteiger partial charge is 0.508 e. The molecular weight excluding hydrogens is 322 g/mol. The van der Waals surface area contributed by atoms with Crippen LogP contribution in [0, 0.1) is 0 Å². The van der Waals surface area contributed by atoms with Crippen LogP contribution in [0.2, 0.25) is 0 Å². The van der Waals surface area contributed by atoms with E-state index in [1.807, 2.05) is 30.0 Å². The van der Waals surface area contributed by atoms with Gasteiger partial charge in [-0.15, -0.1) is 23.1 Å². The Balaban J connectivity index is 1.82. The quantitative estimate of drug-likeness (QED) is 0.640. The SMILES string of the molecule is Oc1cccc(C2=Nc3ccccc3SC(c3cccs3)C2)c1. The first kappa shape index (κ1) is 14.5. The van der Waals surface area contributed by atoms with Crippen molar-refractivity contribution in [2.75, 3.05) is 0 Å². The van der Waals surface area contributed by atoms with E-state index in [0.717, 1.165) is 23.4 Å². The molecule has 3 aromatic rings. The maximum atomic E-state index is 9.80. The van der Waals surface area contributed by atoms with Crippen LogP contribution in [0.5, 0.6) is 5.75 Å². The molecule has 1 atom stereocenters. The van der Waals surface area contributed by atoms with Gasteiger partial charge >= 0.3 is 0 Å². The summed E-state index contributed by atoms with van der Waals surface area (Å²) in [7, 11) is 0. The molecule has 0 aliphatic carbocycles. The van der Waals surface area contributed by atoms with Crippen LogP contribution in [-0.4, -0.2) is 10.8 Å². The van der Waals surface area contributed by atoms with Crippen LogP contribution in [0.4, 0.5) is 5.69 Å². The van der Waals surface area contributed by atoms with Crippen molar-refractivity contribution >= 4 is 34.5 Å². The van der Waals surface area contributed by atoms with Crippen LogP contribution >= 0.6 is 23.1 Å². The highest BCUT2D eigenvalue weighted by molar-refractivity contribution is 7.99. The molecule has 0 spiro atoms. The number of rotatable bonds is 2. The van der Waals surface area contributed by atoms with Crippen molar-refractivity contribution in [2.45, 2.75) is 16.6 Å². The lowest BCUT2D eigenvalue weighted by molar-refractivity contribution is 0.475. The van der Waals surface area contributed by atoms with E-state index in [0.29, 0.717) is 5.25 Å². The zero-order valence-electron chi connectivity index (χ0n) is 12.3. The van der Waals surface area contributed by atoms with Crippen molar-refractivity contribution in [1.82, 2.24) is 0 Å². The number of phenolic OH excluding ortho intramolecular Hbond substituents is 1. The van der Waals surface area contributed by atoms with Crippen LogP contribution in [0.3, 0.4) is 0 Å². The Bertz CT molecular complexity index is 855. The number of fused-ring (bicyclic) bond motifs is 1. The second-order valence-corrected chi connectivity index (χ2v) is 7.63. The van der Waals surface area contributed by atoms with E-state index >= 15 is 0 Å². The number of aliphatic imine (C=N–C) groups is 1. The van der Waals surface area contributed by atoms with Crippen LogP contribution < -0.4 is 0 Å². The van der Waals surface area contributed by atoms with E-state index in [-0.39, 0.29) is 5.75 Å². The van der Waals surface area contributed by atoms with Crippen molar-refractivity contribution in [2.24, 2.45) is 4.99 Å². The summed E-state index contributed by atoms with van der Waals surface area (Å²) in [4.78, 5) is 7.47. The molecule has 1 aliphatic heterocycles. The second kappa shape index (κ2) is 6.22. The van der Waals surface area contributed by atoms with Gasteiger partial charge in [0.05, 0.1) is 5.69 Å². The number of nitrogens with zero attached hydrogens (tertiary/aromatic N) is 1. The first-order valence-electron chi connectivity index (χ1n) is 7.46. The van der Waals surface area contributed by atoms with Gasteiger partial charge in [-0.25, -0.2) is 0 Å². The molecule has 1 aliphatic rings. The minimum Gasteiger partial charge on any atom is -0.508 e. The number of phenols is 1. The fourth-order valence-electron chi connectivity index (χ4n) is 2.71. The second-order valence-electron chi connectivity index (χ2n) is 5.40. The zero-order chi connectivity index (χ0) is 15.6. The molecule has 2 aromatic carbocycles. The minimum atomic E-state index is 0.281. The van der Waals surface area contributed by atoms with Crippen molar-refractivity contribution in [3.8, 4) is 5.75 Å². The van der Waals surface area contributed by atoms with Crippen molar-refractivity contribution < 1.29 is 5.11 Å². The molecule has 0 saturated heterocycles. The summed E-state index contributed by atoms with van der Waals surface area (Å²) in [6.07, 6.45) is 0.851. The molecule has 4 rings (SSSR count). The number of hydrogen-bond donors (Lipinski definition) is 1. The number of para-hydroxylation sites is 1. The highest BCUT2D eigenvalue weighted by Crippen LogP contribution is 2.46. The van der Waals surface area contributed by atoms with Gasteiger partial charge in [0.25, 0.3) is 0 Å². The summed E-state index contributed by atoms with van der Waals surface area (Å²) in [5, 5.41) is 12.3. The molecule has 2 nitrogen and oxygen atoms in total. The van der Waals surface area contributed by atoms with E-state index in [4.69, 9.17) is 4.99 Å². The fourth-order valence-corrected chi connectivity index (χ4v) is 4.86. The highest BCUT2D eigenvalue weighted by atomic mass is 32.2. The maximum absolute atomic E-state index is 9.80. The van der Waals surface area contributed by atoms with Gasteiger partial charge in [-0.2, -0.15) is 0 Å². The number of hydrogen-bond acceptors (Lipinski definition) is 4. The number of aromatic hydroxyl groups is 1. The predicted octanol–water partition coefficient (Wildman–Crippen LogP) is 5.81. The Hall–Kier alpha value is -2.04. The number of thiophene rings is 1.